The Balaban J connectivity index is 1.94. The van der Waals surface area contributed by atoms with Gasteiger partial charge in [-0.25, -0.2) is 14.4 Å². The Bertz CT molecular complexity index is 1300. The average molecular weight is 449 g/mol. The minimum atomic E-state index is -1.06. The van der Waals surface area contributed by atoms with Crippen molar-refractivity contribution in [3.05, 3.63) is 58.3 Å². The molecule has 0 bridgehead atoms. The first kappa shape index (κ1) is 23.5. The number of nitriles is 1. The van der Waals surface area contributed by atoms with Gasteiger partial charge in [0.1, 0.15) is 17.0 Å². The average Bonchev–Trinajstić information content (AvgIpc) is 3.14. The van der Waals surface area contributed by atoms with Crippen molar-refractivity contribution in [2.45, 2.75) is 32.9 Å². The first-order valence-electron chi connectivity index (χ1n) is 9.93. The summed E-state index contributed by atoms with van der Waals surface area (Å²) in [6.45, 7) is 5.19. The van der Waals surface area contributed by atoms with E-state index < -0.39 is 11.4 Å². The van der Waals surface area contributed by atoms with E-state index in [9.17, 15) is 14.8 Å². The molecule has 2 heterocycles. The highest BCUT2D eigenvalue weighted by molar-refractivity contribution is 6.37. The van der Waals surface area contributed by atoms with Gasteiger partial charge in [0.15, 0.2) is 17.5 Å². The van der Waals surface area contributed by atoms with Crippen LogP contribution in [0.2, 0.25) is 0 Å². The number of hydrogen-bond donors (Lipinski definition) is 3. The number of anilines is 1. The van der Waals surface area contributed by atoms with Crippen LogP contribution in [0.4, 0.5) is 10.2 Å². The van der Waals surface area contributed by atoms with Crippen molar-refractivity contribution >= 4 is 17.7 Å². The standard InChI is InChI=1S/C22H24FN9O/c1-12-13(9-24)6-5-7-15(12)21-28-19(18(23)20(25)29-21)16(30-26)11-27-10-14-8-17(22(2,3)33)32(4)31-14/h5-8,11,33H,10,26H2,1-4H3,(H2,25,28,29). The number of rotatable bonds is 6. The molecule has 0 saturated heterocycles. The number of aromatic nitrogens is 4. The first-order valence-corrected chi connectivity index (χ1v) is 9.93. The number of aliphatic imine (C=N–C) groups is 1. The lowest BCUT2D eigenvalue weighted by atomic mass is 10.0. The van der Waals surface area contributed by atoms with Crippen molar-refractivity contribution in [2.24, 2.45) is 23.0 Å². The van der Waals surface area contributed by atoms with Crippen molar-refractivity contribution in [1.29, 1.82) is 5.26 Å². The number of aliphatic hydroxyl groups is 1. The van der Waals surface area contributed by atoms with Gasteiger partial charge in [0, 0.05) is 12.6 Å². The molecule has 0 fully saturated rings. The molecule has 11 heteroatoms. The summed E-state index contributed by atoms with van der Waals surface area (Å²) in [6, 6.07) is 8.86. The van der Waals surface area contributed by atoms with Crippen molar-refractivity contribution in [2.75, 3.05) is 5.73 Å². The number of nitrogens with zero attached hydrogens (tertiary/aromatic N) is 7. The fraction of sp³-hybridized carbons (Fsp3) is 0.273. The summed E-state index contributed by atoms with van der Waals surface area (Å²) in [4.78, 5) is 12.5. The van der Waals surface area contributed by atoms with E-state index in [1.165, 1.54) is 6.21 Å². The van der Waals surface area contributed by atoms with Gasteiger partial charge >= 0.3 is 0 Å². The number of nitrogens with two attached hydrogens (primary N) is 2. The lowest BCUT2D eigenvalue weighted by Gasteiger charge is -2.16. The summed E-state index contributed by atoms with van der Waals surface area (Å²) in [6.07, 6.45) is 1.27. The molecule has 33 heavy (non-hydrogen) atoms. The zero-order valence-electron chi connectivity index (χ0n) is 18.7. The maximum atomic E-state index is 14.8. The highest BCUT2D eigenvalue weighted by Gasteiger charge is 2.22. The Labute approximate surface area is 190 Å². The van der Waals surface area contributed by atoms with Gasteiger partial charge in [-0.3, -0.25) is 9.67 Å². The van der Waals surface area contributed by atoms with Gasteiger partial charge < -0.3 is 16.7 Å². The molecular formula is C22H24FN9O. The number of aryl methyl sites for hydroxylation is 1. The van der Waals surface area contributed by atoms with Gasteiger partial charge in [-0.15, -0.1) is 0 Å². The molecule has 0 spiro atoms. The molecule has 0 atom stereocenters. The van der Waals surface area contributed by atoms with Gasteiger partial charge in [0.05, 0.1) is 35.8 Å². The van der Waals surface area contributed by atoms with Crippen molar-refractivity contribution < 1.29 is 9.50 Å². The summed E-state index contributed by atoms with van der Waals surface area (Å²) in [7, 11) is 1.72. The maximum Gasteiger partial charge on any atom is 0.193 e. The Morgan fingerprint density at radius 2 is 2.09 bits per heavy atom. The molecule has 0 amide bonds. The van der Waals surface area contributed by atoms with Crippen LogP contribution < -0.4 is 11.6 Å². The van der Waals surface area contributed by atoms with E-state index in [0.717, 1.165) is 0 Å². The number of nitrogen functional groups attached to an aromatic ring is 1. The molecule has 5 N–H and O–H groups in total. The maximum absolute atomic E-state index is 14.8. The largest absolute Gasteiger partial charge is 0.384 e. The van der Waals surface area contributed by atoms with Crippen molar-refractivity contribution in [1.82, 2.24) is 19.7 Å². The molecule has 170 valence electrons. The Hall–Kier alpha value is -4.17. The van der Waals surface area contributed by atoms with Crippen LogP contribution in [-0.4, -0.2) is 36.8 Å². The lowest BCUT2D eigenvalue weighted by molar-refractivity contribution is 0.0695. The van der Waals surface area contributed by atoms with Crippen molar-refractivity contribution in [3.8, 4) is 17.5 Å². The van der Waals surface area contributed by atoms with Gasteiger partial charge in [0.2, 0.25) is 0 Å². The highest BCUT2D eigenvalue weighted by atomic mass is 19.1. The summed E-state index contributed by atoms with van der Waals surface area (Å²) in [5.41, 5.74) is 7.27. The molecule has 10 nitrogen and oxygen atoms in total. The second kappa shape index (κ2) is 9.13. The normalized spacial score (nSPS) is 12.3. The minimum absolute atomic E-state index is 0.0458. The third-order valence-corrected chi connectivity index (χ3v) is 4.98. The monoisotopic (exact) mass is 449 g/mol. The molecule has 3 aromatic rings. The summed E-state index contributed by atoms with van der Waals surface area (Å²) in [5.74, 6) is 4.35. The van der Waals surface area contributed by atoms with Crippen LogP contribution in [0.1, 0.15) is 42.1 Å². The summed E-state index contributed by atoms with van der Waals surface area (Å²) in [5, 5.41) is 27.4. The first-order chi connectivity index (χ1) is 15.6. The highest BCUT2D eigenvalue weighted by Crippen LogP contribution is 2.25. The van der Waals surface area contributed by atoms with Crippen LogP contribution in [0.5, 0.6) is 0 Å². The minimum Gasteiger partial charge on any atom is -0.384 e. The van der Waals surface area contributed by atoms with Crippen LogP contribution in [0.3, 0.4) is 0 Å². The SMILES string of the molecule is Cc1c(C#N)cccc1-c1nc(N)c(F)c(C(C=NCc2cc(C(C)(C)O)n(C)n2)=NN)n1. The third-order valence-electron chi connectivity index (χ3n) is 4.98. The van der Waals surface area contributed by atoms with Gasteiger partial charge in [-0.1, -0.05) is 12.1 Å². The quantitative estimate of drug-likeness (QED) is 0.294. The van der Waals surface area contributed by atoms with Crippen molar-refractivity contribution in [3.63, 3.8) is 0 Å². The zero-order chi connectivity index (χ0) is 24.3. The molecule has 0 aliphatic carbocycles. The van der Waals surface area contributed by atoms with Gasteiger partial charge in [0.25, 0.3) is 0 Å². The molecule has 0 saturated carbocycles. The molecule has 0 aliphatic heterocycles. The molecule has 0 radical (unpaired) electrons. The number of hydrazone groups is 1. The van der Waals surface area contributed by atoms with Crippen LogP contribution in [0.15, 0.2) is 34.4 Å². The van der Waals surface area contributed by atoms with Gasteiger partial charge in [-0.05, 0) is 38.5 Å². The van der Waals surface area contributed by atoms with E-state index in [0.29, 0.717) is 28.1 Å². The number of benzene rings is 1. The topological polar surface area (TPSA) is 164 Å². The van der Waals surface area contributed by atoms with E-state index in [4.69, 9.17) is 11.6 Å². The Kier molecular flexibility index (Phi) is 6.50. The smallest absolute Gasteiger partial charge is 0.193 e. The second-order valence-electron chi connectivity index (χ2n) is 7.87. The Morgan fingerprint density at radius 1 is 1.36 bits per heavy atom. The molecule has 0 aliphatic rings. The lowest BCUT2D eigenvalue weighted by Crippen LogP contribution is -2.19. The zero-order valence-corrected chi connectivity index (χ0v) is 18.7. The van der Waals surface area contributed by atoms with E-state index in [1.54, 1.807) is 56.8 Å². The Morgan fingerprint density at radius 3 is 2.70 bits per heavy atom. The predicted octanol–water partition coefficient (Wildman–Crippen LogP) is 1.94. The van der Waals surface area contributed by atoms with Crippen LogP contribution in [-0.2, 0) is 19.2 Å². The predicted molar refractivity (Wildman–Crippen MR) is 123 cm³/mol. The molecule has 3 rings (SSSR count). The van der Waals surface area contributed by atoms with E-state index in [1.807, 2.05) is 0 Å². The fourth-order valence-electron chi connectivity index (χ4n) is 3.31. The molecule has 2 aromatic heterocycles. The third kappa shape index (κ3) is 4.86. The number of halogens is 1. The molecule has 1 aromatic carbocycles. The molecule has 0 unspecified atom stereocenters. The van der Waals surface area contributed by atoms with E-state index in [2.05, 4.69) is 31.2 Å². The van der Waals surface area contributed by atoms with Gasteiger partial charge in [-0.2, -0.15) is 15.5 Å². The number of hydrogen-bond acceptors (Lipinski definition) is 9. The summed E-state index contributed by atoms with van der Waals surface area (Å²) >= 11 is 0. The van der Waals surface area contributed by atoms with Crippen LogP contribution in [0, 0.1) is 24.1 Å². The van der Waals surface area contributed by atoms with E-state index in [-0.39, 0.29) is 29.6 Å². The second-order valence-corrected chi connectivity index (χ2v) is 7.87. The van der Waals surface area contributed by atoms with Crippen LogP contribution in [0.25, 0.3) is 11.4 Å². The summed E-state index contributed by atoms with van der Waals surface area (Å²) < 4.78 is 16.3. The fourth-order valence-corrected chi connectivity index (χ4v) is 3.31. The van der Waals surface area contributed by atoms with E-state index >= 15 is 0 Å². The van der Waals surface area contributed by atoms with Crippen LogP contribution >= 0.6 is 0 Å². The molecular weight excluding hydrogens is 425 g/mol.